The lowest BCUT2D eigenvalue weighted by atomic mass is 10.1. The molecule has 0 bridgehead atoms. The van der Waals surface area contributed by atoms with Crippen molar-refractivity contribution in [1.82, 2.24) is 4.98 Å². The fourth-order valence-electron chi connectivity index (χ4n) is 2.50. The van der Waals surface area contributed by atoms with Crippen molar-refractivity contribution in [2.75, 3.05) is 17.2 Å². The standard InChI is InChI=1S/C14H12F2N2O3S2/c15-11-3-1-10(2-4-11)12-7-22-14(17-12)18-6-9(5-13(18)19)8-23(16,20)21/h1-4,7,9H,5-6,8H2. The molecule has 23 heavy (non-hydrogen) atoms. The number of hydrogen-bond acceptors (Lipinski definition) is 5. The topological polar surface area (TPSA) is 67.3 Å². The molecule has 1 aliphatic heterocycles. The molecule has 0 radical (unpaired) electrons. The molecular formula is C14H12F2N2O3S2. The monoisotopic (exact) mass is 358 g/mol. The van der Waals surface area contributed by atoms with E-state index in [1.165, 1.54) is 28.4 Å². The van der Waals surface area contributed by atoms with E-state index in [4.69, 9.17) is 0 Å². The Kier molecular flexibility index (Phi) is 4.15. The van der Waals surface area contributed by atoms with Gasteiger partial charge in [-0.25, -0.2) is 9.37 Å². The fourth-order valence-corrected chi connectivity index (χ4v) is 4.15. The van der Waals surface area contributed by atoms with Crippen LogP contribution in [0.3, 0.4) is 0 Å². The second-order valence-corrected chi connectivity index (χ2v) is 7.55. The molecule has 1 aromatic heterocycles. The van der Waals surface area contributed by atoms with Gasteiger partial charge in [-0.2, -0.15) is 8.42 Å². The molecule has 0 N–H and O–H groups in total. The molecule has 0 aliphatic carbocycles. The smallest absolute Gasteiger partial charge is 0.288 e. The van der Waals surface area contributed by atoms with E-state index in [0.717, 1.165) is 0 Å². The van der Waals surface area contributed by atoms with Gasteiger partial charge in [-0.15, -0.1) is 15.2 Å². The summed E-state index contributed by atoms with van der Waals surface area (Å²) in [6.45, 7) is 0.123. The molecule has 2 aromatic rings. The van der Waals surface area contributed by atoms with Crippen LogP contribution in [0.2, 0.25) is 0 Å². The van der Waals surface area contributed by atoms with Crippen molar-refractivity contribution in [2.45, 2.75) is 6.42 Å². The molecule has 1 aliphatic rings. The highest BCUT2D eigenvalue weighted by Crippen LogP contribution is 2.32. The summed E-state index contributed by atoms with van der Waals surface area (Å²) in [5.74, 6) is -1.87. The highest BCUT2D eigenvalue weighted by atomic mass is 32.3. The summed E-state index contributed by atoms with van der Waals surface area (Å²) < 4.78 is 47.1. The lowest BCUT2D eigenvalue weighted by molar-refractivity contribution is -0.117. The third-order valence-electron chi connectivity index (χ3n) is 3.50. The van der Waals surface area contributed by atoms with Crippen molar-refractivity contribution in [3.8, 4) is 11.3 Å². The van der Waals surface area contributed by atoms with Crippen LogP contribution in [0.25, 0.3) is 11.3 Å². The van der Waals surface area contributed by atoms with Crippen molar-refractivity contribution in [1.29, 1.82) is 0 Å². The molecule has 1 saturated heterocycles. The largest absolute Gasteiger partial charge is 0.302 e. The summed E-state index contributed by atoms with van der Waals surface area (Å²) >= 11 is 1.23. The Hall–Kier alpha value is -1.87. The number of amides is 1. The number of halogens is 2. The number of rotatable bonds is 4. The second-order valence-electron chi connectivity index (χ2n) is 5.30. The van der Waals surface area contributed by atoms with Crippen molar-refractivity contribution >= 4 is 32.6 Å². The van der Waals surface area contributed by atoms with E-state index >= 15 is 0 Å². The van der Waals surface area contributed by atoms with Gasteiger partial charge in [-0.3, -0.25) is 9.69 Å². The first kappa shape index (κ1) is 16.0. The third kappa shape index (κ3) is 3.73. The molecule has 1 aromatic carbocycles. The van der Waals surface area contributed by atoms with Crippen LogP contribution in [0.5, 0.6) is 0 Å². The normalized spacial score (nSPS) is 18.6. The first-order valence-corrected chi connectivity index (χ1v) is 9.19. The number of carbonyl (C=O) groups is 1. The molecule has 1 amide bonds. The Morgan fingerprint density at radius 3 is 2.65 bits per heavy atom. The average Bonchev–Trinajstić information content (AvgIpc) is 3.04. The first-order chi connectivity index (χ1) is 10.8. The Balaban J connectivity index is 1.78. The molecule has 1 fully saturated rings. The fraction of sp³-hybridized carbons (Fsp3) is 0.286. The second kappa shape index (κ2) is 5.97. The van der Waals surface area contributed by atoms with E-state index in [9.17, 15) is 21.5 Å². The van der Waals surface area contributed by atoms with Gasteiger partial charge in [0.15, 0.2) is 5.13 Å². The molecule has 9 heteroatoms. The van der Waals surface area contributed by atoms with Crippen molar-refractivity contribution < 1.29 is 21.5 Å². The zero-order chi connectivity index (χ0) is 16.6. The zero-order valence-corrected chi connectivity index (χ0v) is 13.4. The van der Waals surface area contributed by atoms with Gasteiger partial charge >= 0.3 is 10.2 Å². The van der Waals surface area contributed by atoms with Crippen molar-refractivity contribution in [2.24, 2.45) is 5.92 Å². The average molecular weight is 358 g/mol. The maximum atomic E-state index is 12.9. The van der Waals surface area contributed by atoms with Crippen molar-refractivity contribution in [3.63, 3.8) is 0 Å². The minimum atomic E-state index is -4.61. The number of anilines is 1. The van der Waals surface area contributed by atoms with Gasteiger partial charge in [-0.05, 0) is 24.3 Å². The predicted molar refractivity (Wildman–Crippen MR) is 82.9 cm³/mol. The Bertz CT molecular complexity index is 834. The van der Waals surface area contributed by atoms with Crippen LogP contribution in [0.15, 0.2) is 29.6 Å². The molecule has 0 saturated carbocycles. The SMILES string of the molecule is O=C1CC(CS(=O)(=O)F)CN1c1nc(-c2ccc(F)cc2)cs1. The van der Waals surface area contributed by atoms with E-state index in [-0.39, 0.29) is 24.7 Å². The van der Waals surface area contributed by atoms with Crippen molar-refractivity contribution in [3.05, 3.63) is 35.5 Å². The Morgan fingerprint density at radius 1 is 1.30 bits per heavy atom. The minimum absolute atomic E-state index is 0.0192. The van der Waals surface area contributed by atoms with Crippen LogP contribution in [-0.2, 0) is 15.0 Å². The van der Waals surface area contributed by atoms with Gasteiger partial charge in [0.1, 0.15) is 5.82 Å². The summed E-state index contributed by atoms with van der Waals surface area (Å²) in [7, 11) is -4.61. The van der Waals surface area contributed by atoms with Gasteiger partial charge in [0, 0.05) is 29.8 Å². The number of thiazole rings is 1. The van der Waals surface area contributed by atoms with Crippen LogP contribution < -0.4 is 4.90 Å². The number of benzene rings is 1. The van der Waals surface area contributed by atoms with Crippen LogP contribution >= 0.6 is 11.3 Å². The molecule has 2 heterocycles. The number of nitrogens with zero attached hydrogens (tertiary/aromatic N) is 2. The first-order valence-electron chi connectivity index (χ1n) is 6.76. The van der Waals surface area contributed by atoms with Crippen LogP contribution in [0, 0.1) is 11.7 Å². The molecule has 5 nitrogen and oxygen atoms in total. The Labute approximate surface area is 135 Å². The molecule has 1 atom stereocenters. The van der Waals surface area contributed by atoms with Gasteiger partial charge < -0.3 is 0 Å². The molecule has 0 spiro atoms. The van der Waals surface area contributed by atoms with E-state index in [1.54, 1.807) is 17.5 Å². The minimum Gasteiger partial charge on any atom is -0.288 e. The number of hydrogen-bond donors (Lipinski definition) is 0. The predicted octanol–water partition coefficient (Wildman–Crippen LogP) is 2.60. The molecule has 1 unspecified atom stereocenters. The summed E-state index contributed by atoms with van der Waals surface area (Å²) in [5, 5.41) is 2.16. The highest BCUT2D eigenvalue weighted by molar-refractivity contribution is 7.86. The summed E-state index contributed by atoms with van der Waals surface area (Å²) in [6, 6.07) is 5.80. The third-order valence-corrected chi connectivity index (χ3v) is 5.24. The summed E-state index contributed by atoms with van der Waals surface area (Å²) in [4.78, 5) is 17.7. The van der Waals surface area contributed by atoms with E-state index < -0.39 is 21.9 Å². The highest BCUT2D eigenvalue weighted by Gasteiger charge is 2.35. The number of aromatic nitrogens is 1. The number of carbonyl (C=O) groups excluding carboxylic acids is 1. The van der Waals surface area contributed by atoms with Gasteiger partial charge in [0.25, 0.3) is 0 Å². The van der Waals surface area contributed by atoms with E-state index in [2.05, 4.69) is 4.98 Å². The maximum Gasteiger partial charge on any atom is 0.302 e. The van der Waals surface area contributed by atoms with Crippen LogP contribution in [0.1, 0.15) is 6.42 Å². The van der Waals surface area contributed by atoms with Gasteiger partial charge in [-0.1, -0.05) is 0 Å². The lowest BCUT2D eigenvalue weighted by Gasteiger charge is -2.12. The summed E-state index contributed by atoms with van der Waals surface area (Å²) in [5.41, 5.74) is 1.31. The molecule has 122 valence electrons. The maximum absolute atomic E-state index is 12.9. The van der Waals surface area contributed by atoms with Crippen LogP contribution in [-0.4, -0.2) is 31.6 Å². The van der Waals surface area contributed by atoms with Gasteiger partial charge in [0.2, 0.25) is 5.91 Å². The zero-order valence-electron chi connectivity index (χ0n) is 11.8. The van der Waals surface area contributed by atoms with E-state index in [0.29, 0.717) is 16.4 Å². The molecule has 3 rings (SSSR count). The Morgan fingerprint density at radius 2 is 2.00 bits per heavy atom. The summed E-state index contributed by atoms with van der Waals surface area (Å²) in [6.07, 6.45) is -0.0192. The molecular weight excluding hydrogens is 346 g/mol. The van der Waals surface area contributed by atoms with Crippen LogP contribution in [0.4, 0.5) is 13.4 Å². The van der Waals surface area contributed by atoms with Gasteiger partial charge in [0.05, 0.1) is 11.4 Å². The van der Waals surface area contributed by atoms with E-state index in [1.807, 2.05) is 0 Å². The lowest BCUT2D eigenvalue weighted by Crippen LogP contribution is -2.25. The quantitative estimate of drug-likeness (QED) is 0.788.